The second kappa shape index (κ2) is 8.78. The zero-order valence-corrected chi connectivity index (χ0v) is 18.4. The van der Waals surface area contributed by atoms with Gasteiger partial charge < -0.3 is 14.1 Å². The molecule has 8 heteroatoms. The first-order valence-electron chi connectivity index (χ1n) is 11.4. The van der Waals surface area contributed by atoms with Gasteiger partial charge in [0.1, 0.15) is 11.3 Å². The molecule has 0 radical (unpaired) electrons. The number of rotatable bonds is 5. The number of ether oxygens (including phenoxy) is 1. The van der Waals surface area contributed by atoms with Crippen molar-refractivity contribution < 1.29 is 13.9 Å². The van der Waals surface area contributed by atoms with E-state index < -0.39 is 0 Å². The van der Waals surface area contributed by atoms with Gasteiger partial charge in [-0.25, -0.2) is 4.79 Å². The highest BCUT2D eigenvalue weighted by Crippen LogP contribution is 2.26. The Labute approximate surface area is 186 Å². The summed E-state index contributed by atoms with van der Waals surface area (Å²) in [6.07, 6.45) is 4.18. The van der Waals surface area contributed by atoms with Gasteiger partial charge in [0.25, 0.3) is 5.91 Å². The highest BCUT2D eigenvalue weighted by Gasteiger charge is 2.28. The van der Waals surface area contributed by atoms with Crippen LogP contribution in [0.15, 0.2) is 33.5 Å². The first-order valence-corrected chi connectivity index (χ1v) is 11.4. The molecule has 1 fully saturated rings. The third-order valence-electron chi connectivity index (χ3n) is 6.42. The highest BCUT2D eigenvalue weighted by molar-refractivity contribution is 5.94. The predicted molar refractivity (Wildman–Crippen MR) is 120 cm³/mol. The van der Waals surface area contributed by atoms with E-state index in [0.717, 1.165) is 66.7 Å². The van der Waals surface area contributed by atoms with Gasteiger partial charge in [-0.05, 0) is 56.4 Å². The number of carbonyl (C=O) groups is 1. The van der Waals surface area contributed by atoms with Crippen molar-refractivity contribution in [1.82, 2.24) is 20.0 Å². The van der Waals surface area contributed by atoms with Crippen molar-refractivity contribution in [2.45, 2.75) is 39.2 Å². The van der Waals surface area contributed by atoms with Crippen LogP contribution in [0.3, 0.4) is 0 Å². The Bertz CT molecular complexity index is 1190. The highest BCUT2D eigenvalue weighted by atomic mass is 16.5. The maximum absolute atomic E-state index is 13.1. The standard InChI is InChI=1S/C24H28N4O4/c1-2-31-17-7-8-21-19(14-17)16(13-22(29)32-21)15-27-9-11-28(12-10-27)24(30)23-18-5-3-4-6-20(18)25-26-23/h7-8,13-14H,2-6,9-12,15H2,1H3,(H,25,26). The summed E-state index contributed by atoms with van der Waals surface area (Å²) in [7, 11) is 0. The maximum atomic E-state index is 13.1. The number of hydrogen-bond acceptors (Lipinski definition) is 6. The van der Waals surface area contributed by atoms with Gasteiger partial charge in [-0.3, -0.25) is 14.8 Å². The summed E-state index contributed by atoms with van der Waals surface area (Å²) in [6.45, 7) is 5.91. The molecular formula is C24H28N4O4. The number of aromatic amines is 1. The number of H-pyrrole nitrogens is 1. The molecular weight excluding hydrogens is 408 g/mol. The van der Waals surface area contributed by atoms with Gasteiger partial charge in [0.2, 0.25) is 0 Å². The lowest BCUT2D eigenvalue weighted by Gasteiger charge is -2.34. The smallest absolute Gasteiger partial charge is 0.336 e. The van der Waals surface area contributed by atoms with Crippen molar-refractivity contribution >= 4 is 16.9 Å². The minimum absolute atomic E-state index is 0.0243. The lowest BCUT2D eigenvalue weighted by atomic mass is 9.95. The first kappa shape index (κ1) is 20.8. The van der Waals surface area contributed by atoms with Crippen molar-refractivity contribution in [3.05, 3.63) is 57.2 Å². The fourth-order valence-corrected chi connectivity index (χ4v) is 4.75. The van der Waals surface area contributed by atoms with Crippen molar-refractivity contribution in [2.24, 2.45) is 0 Å². The molecule has 0 atom stereocenters. The Kier molecular flexibility index (Phi) is 5.70. The zero-order chi connectivity index (χ0) is 22.1. The molecule has 1 aliphatic heterocycles. The van der Waals surface area contributed by atoms with E-state index in [1.807, 2.05) is 24.0 Å². The largest absolute Gasteiger partial charge is 0.494 e. The number of aromatic nitrogens is 2. The molecule has 32 heavy (non-hydrogen) atoms. The van der Waals surface area contributed by atoms with Gasteiger partial charge in [0.15, 0.2) is 5.69 Å². The predicted octanol–water partition coefficient (Wildman–Crippen LogP) is 2.75. The number of aryl methyl sites for hydroxylation is 1. The Morgan fingerprint density at radius 1 is 1.16 bits per heavy atom. The maximum Gasteiger partial charge on any atom is 0.336 e. The SMILES string of the molecule is CCOc1ccc2oc(=O)cc(CN3CCN(C(=O)c4n[nH]c5c4CCCC5)CC3)c2c1. The zero-order valence-electron chi connectivity index (χ0n) is 18.4. The normalized spacial score (nSPS) is 16.8. The topological polar surface area (TPSA) is 91.7 Å². The van der Waals surface area contributed by atoms with Gasteiger partial charge in [0, 0.05) is 55.4 Å². The van der Waals surface area contributed by atoms with Crippen LogP contribution in [0.2, 0.25) is 0 Å². The fraction of sp³-hybridized carbons (Fsp3) is 0.458. The van der Waals surface area contributed by atoms with Crippen LogP contribution >= 0.6 is 0 Å². The molecule has 3 aromatic rings. The Morgan fingerprint density at radius 3 is 2.78 bits per heavy atom. The molecule has 0 bridgehead atoms. The van der Waals surface area contributed by atoms with E-state index in [0.29, 0.717) is 37.5 Å². The third-order valence-corrected chi connectivity index (χ3v) is 6.42. The summed E-state index contributed by atoms with van der Waals surface area (Å²) in [5.74, 6) is 0.782. The van der Waals surface area contributed by atoms with Gasteiger partial charge in [-0.1, -0.05) is 0 Å². The Balaban J connectivity index is 1.28. The average molecular weight is 437 g/mol. The molecule has 1 amide bonds. The molecule has 0 spiro atoms. The van der Waals surface area contributed by atoms with E-state index >= 15 is 0 Å². The first-order chi connectivity index (χ1) is 15.6. The monoisotopic (exact) mass is 436 g/mol. The van der Waals surface area contributed by atoms with Crippen LogP contribution in [0.25, 0.3) is 11.0 Å². The fourth-order valence-electron chi connectivity index (χ4n) is 4.75. The van der Waals surface area contributed by atoms with Crippen molar-refractivity contribution in [2.75, 3.05) is 32.8 Å². The quantitative estimate of drug-likeness (QED) is 0.619. The van der Waals surface area contributed by atoms with Crippen molar-refractivity contribution in [1.29, 1.82) is 0 Å². The Hall–Kier alpha value is -3.13. The van der Waals surface area contributed by atoms with E-state index in [4.69, 9.17) is 9.15 Å². The van der Waals surface area contributed by atoms with E-state index in [2.05, 4.69) is 15.1 Å². The Morgan fingerprint density at radius 2 is 1.97 bits per heavy atom. The number of hydrogen-bond donors (Lipinski definition) is 1. The minimum atomic E-state index is -0.353. The van der Waals surface area contributed by atoms with Crippen LogP contribution in [0.5, 0.6) is 5.75 Å². The molecule has 2 aromatic heterocycles. The third kappa shape index (κ3) is 4.02. The second-order valence-corrected chi connectivity index (χ2v) is 8.49. The van der Waals surface area contributed by atoms with Crippen LogP contribution in [0, 0.1) is 0 Å². The van der Waals surface area contributed by atoms with Gasteiger partial charge in [-0.2, -0.15) is 5.10 Å². The number of nitrogens with zero attached hydrogens (tertiary/aromatic N) is 3. The molecule has 1 saturated heterocycles. The van der Waals surface area contributed by atoms with Crippen LogP contribution < -0.4 is 10.4 Å². The number of carbonyl (C=O) groups excluding carboxylic acids is 1. The van der Waals surface area contributed by atoms with Crippen LogP contribution in [-0.2, 0) is 19.4 Å². The van der Waals surface area contributed by atoms with Gasteiger partial charge in [0.05, 0.1) is 6.61 Å². The summed E-state index contributed by atoms with van der Waals surface area (Å²) in [5.41, 5.74) is 3.96. The average Bonchev–Trinajstić information content (AvgIpc) is 3.24. The molecule has 3 heterocycles. The van der Waals surface area contributed by atoms with E-state index in [1.54, 1.807) is 12.1 Å². The number of fused-ring (bicyclic) bond motifs is 2. The molecule has 5 rings (SSSR count). The van der Waals surface area contributed by atoms with E-state index in [1.165, 1.54) is 0 Å². The lowest BCUT2D eigenvalue weighted by molar-refractivity contribution is 0.0622. The number of benzene rings is 1. The van der Waals surface area contributed by atoms with Crippen molar-refractivity contribution in [3.8, 4) is 5.75 Å². The number of amides is 1. The molecule has 1 aromatic carbocycles. The molecule has 8 nitrogen and oxygen atoms in total. The molecule has 1 aliphatic carbocycles. The van der Waals surface area contributed by atoms with E-state index in [-0.39, 0.29) is 11.5 Å². The molecule has 1 N–H and O–H groups in total. The molecule has 0 saturated carbocycles. The second-order valence-electron chi connectivity index (χ2n) is 8.49. The molecule has 2 aliphatic rings. The number of nitrogens with one attached hydrogen (secondary N) is 1. The van der Waals surface area contributed by atoms with E-state index in [9.17, 15) is 9.59 Å². The van der Waals surface area contributed by atoms with Crippen LogP contribution in [0.1, 0.15) is 47.1 Å². The van der Waals surface area contributed by atoms with Crippen LogP contribution in [0.4, 0.5) is 0 Å². The minimum Gasteiger partial charge on any atom is -0.494 e. The summed E-state index contributed by atoms with van der Waals surface area (Å²) < 4.78 is 11.0. The summed E-state index contributed by atoms with van der Waals surface area (Å²) in [6, 6.07) is 7.09. The van der Waals surface area contributed by atoms with Crippen molar-refractivity contribution in [3.63, 3.8) is 0 Å². The summed E-state index contributed by atoms with van der Waals surface area (Å²) >= 11 is 0. The van der Waals surface area contributed by atoms with Gasteiger partial charge >= 0.3 is 5.63 Å². The van der Waals surface area contributed by atoms with Gasteiger partial charge in [-0.15, -0.1) is 0 Å². The van der Waals surface area contributed by atoms with Crippen LogP contribution in [-0.4, -0.2) is 58.7 Å². The number of piperazine rings is 1. The lowest BCUT2D eigenvalue weighted by Crippen LogP contribution is -2.48. The molecule has 0 unspecified atom stereocenters. The summed E-state index contributed by atoms with van der Waals surface area (Å²) in [4.78, 5) is 29.3. The molecule has 168 valence electrons. The summed E-state index contributed by atoms with van der Waals surface area (Å²) in [5, 5.41) is 8.29.